The van der Waals surface area contributed by atoms with Crippen LogP contribution in [-0.2, 0) is 0 Å². The van der Waals surface area contributed by atoms with E-state index in [-0.39, 0.29) is 6.61 Å². The molecule has 1 heteroatoms. The number of rotatable bonds is 3. The summed E-state index contributed by atoms with van der Waals surface area (Å²) in [6.45, 7) is 6.41. The number of allylic oxidation sites excluding steroid dienone is 1. The van der Waals surface area contributed by atoms with Crippen molar-refractivity contribution >= 4 is 5.57 Å². The summed E-state index contributed by atoms with van der Waals surface area (Å²) < 4.78 is 0. The van der Waals surface area contributed by atoms with Crippen LogP contribution in [0.4, 0.5) is 0 Å². The SMILES string of the molecule is CC=C(CO)c1ccc(C(C)C)cc1. The first-order chi connectivity index (χ1) is 6.69. The molecule has 1 rings (SSSR count). The van der Waals surface area contributed by atoms with Crippen molar-refractivity contribution in [3.63, 3.8) is 0 Å². The van der Waals surface area contributed by atoms with E-state index >= 15 is 0 Å². The molecule has 0 amide bonds. The Bertz CT molecular complexity index is 307. The molecule has 76 valence electrons. The van der Waals surface area contributed by atoms with Gasteiger partial charge >= 0.3 is 0 Å². The molecular weight excluding hydrogens is 172 g/mol. The van der Waals surface area contributed by atoms with Gasteiger partial charge in [0, 0.05) is 0 Å². The molecule has 14 heavy (non-hydrogen) atoms. The summed E-state index contributed by atoms with van der Waals surface area (Å²) in [5.74, 6) is 0.562. The van der Waals surface area contributed by atoms with Gasteiger partial charge in [-0.1, -0.05) is 44.2 Å². The fourth-order valence-corrected chi connectivity index (χ4v) is 1.43. The van der Waals surface area contributed by atoms with Gasteiger partial charge in [-0.2, -0.15) is 0 Å². The topological polar surface area (TPSA) is 20.2 Å². The van der Waals surface area contributed by atoms with Crippen LogP contribution in [0.2, 0.25) is 0 Å². The van der Waals surface area contributed by atoms with Crippen LogP contribution in [0.1, 0.15) is 37.8 Å². The highest BCUT2D eigenvalue weighted by Gasteiger charge is 2.01. The molecule has 0 fully saturated rings. The van der Waals surface area contributed by atoms with Crippen LogP contribution in [0.25, 0.3) is 5.57 Å². The Morgan fingerprint density at radius 3 is 2.21 bits per heavy atom. The second-order valence-electron chi connectivity index (χ2n) is 3.75. The highest BCUT2D eigenvalue weighted by atomic mass is 16.3. The molecule has 0 radical (unpaired) electrons. The molecule has 0 saturated heterocycles. The van der Waals surface area contributed by atoms with E-state index < -0.39 is 0 Å². The lowest BCUT2D eigenvalue weighted by Crippen LogP contribution is -1.92. The van der Waals surface area contributed by atoms with Gasteiger partial charge in [-0.25, -0.2) is 0 Å². The van der Waals surface area contributed by atoms with Gasteiger partial charge in [-0.05, 0) is 29.5 Å². The summed E-state index contributed by atoms with van der Waals surface area (Å²) in [6, 6.07) is 8.39. The first kappa shape index (κ1) is 11.0. The van der Waals surface area contributed by atoms with E-state index in [0.717, 1.165) is 11.1 Å². The van der Waals surface area contributed by atoms with E-state index in [2.05, 4.69) is 38.1 Å². The maximum absolute atomic E-state index is 9.09. The first-order valence-electron chi connectivity index (χ1n) is 5.05. The lowest BCUT2D eigenvalue weighted by atomic mass is 9.99. The van der Waals surface area contributed by atoms with E-state index in [1.165, 1.54) is 5.56 Å². The number of hydrogen-bond acceptors (Lipinski definition) is 1. The molecule has 0 aliphatic heterocycles. The maximum atomic E-state index is 9.09. The van der Waals surface area contributed by atoms with Gasteiger partial charge in [0.15, 0.2) is 0 Å². The van der Waals surface area contributed by atoms with Gasteiger partial charge in [0.05, 0.1) is 6.61 Å². The van der Waals surface area contributed by atoms with Crippen LogP contribution in [0.15, 0.2) is 30.3 Å². The second kappa shape index (κ2) is 4.97. The fraction of sp³-hybridized carbons (Fsp3) is 0.385. The third-order valence-electron chi connectivity index (χ3n) is 2.47. The molecule has 0 aromatic heterocycles. The largest absolute Gasteiger partial charge is 0.392 e. The molecule has 0 aliphatic rings. The Balaban J connectivity index is 2.93. The molecule has 0 spiro atoms. The summed E-state index contributed by atoms with van der Waals surface area (Å²) in [7, 11) is 0. The average Bonchev–Trinajstić information content (AvgIpc) is 2.20. The normalized spacial score (nSPS) is 12.2. The maximum Gasteiger partial charge on any atom is 0.0684 e. The lowest BCUT2D eigenvalue weighted by molar-refractivity contribution is 0.350. The quantitative estimate of drug-likeness (QED) is 0.776. The Morgan fingerprint density at radius 2 is 1.86 bits per heavy atom. The predicted octanol–water partition coefficient (Wildman–Crippen LogP) is 3.21. The number of benzene rings is 1. The minimum absolute atomic E-state index is 0.109. The van der Waals surface area contributed by atoms with Gasteiger partial charge < -0.3 is 5.11 Å². The minimum atomic E-state index is 0.109. The van der Waals surface area contributed by atoms with E-state index in [4.69, 9.17) is 5.11 Å². The fourth-order valence-electron chi connectivity index (χ4n) is 1.43. The summed E-state index contributed by atoms with van der Waals surface area (Å²) in [6.07, 6.45) is 1.95. The summed E-state index contributed by atoms with van der Waals surface area (Å²) in [5, 5.41) is 9.09. The molecule has 1 aromatic rings. The zero-order valence-electron chi connectivity index (χ0n) is 9.12. The number of aliphatic hydroxyl groups is 1. The van der Waals surface area contributed by atoms with Gasteiger partial charge in [-0.15, -0.1) is 0 Å². The Kier molecular flexibility index (Phi) is 3.90. The molecule has 0 heterocycles. The van der Waals surface area contributed by atoms with Gasteiger partial charge in [0.1, 0.15) is 0 Å². The average molecular weight is 190 g/mol. The molecule has 1 nitrogen and oxygen atoms in total. The van der Waals surface area contributed by atoms with Crippen molar-refractivity contribution in [3.05, 3.63) is 41.5 Å². The van der Waals surface area contributed by atoms with Crippen molar-refractivity contribution < 1.29 is 5.11 Å². The van der Waals surface area contributed by atoms with Crippen molar-refractivity contribution in [2.45, 2.75) is 26.7 Å². The Labute approximate surface area is 86.1 Å². The summed E-state index contributed by atoms with van der Waals surface area (Å²) >= 11 is 0. The third kappa shape index (κ3) is 2.46. The van der Waals surface area contributed by atoms with Crippen LogP contribution in [0.5, 0.6) is 0 Å². The van der Waals surface area contributed by atoms with Crippen LogP contribution in [-0.4, -0.2) is 11.7 Å². The molecule has 0 bridgehead atoms. The second-order valence-corrected chi connectivity index (χ2v) is 3.75. The van der Waals surface area contributed by atoms with E-state index in [0.29, 0.717) is 5.92 Å². The van der Waals surface area contributed by atoms with Crippen LogP contribution >= 0.6 is 0 Å². The summed E-state index contributed by atoms with van der Waals surface area (Å²) in [4.78, 5) is 0. The minimum Gasteiger partial charge on any atom is -0.392 e. The van der Waals surface area contributed by atoms with Crippen LogP contribution in [0.3, 0.4) is 0 Å². The van der Waals surface area contributed by atoms with Crippen molar-refractivity contribution in [2.24, 2.45) is 0 Å². The van der Waals surface area contributed by atoms with Gasteiger partial charge in [-0.3, -0.25) is 0 Å². The van der Waals surface area contributed by atoms with Crippen molar-refractivity contribution in [1.29, 1.82) is 0 Å². The van der Waals surface area contributed by atoms with Gasteiger partial charge in [0.2, 0.25) is 0 Å². The number of hydrogen-bond donors (Lipinski definition) is 1. The van der Waals surface area contributed by atoms with E-state index in [9.17, 15) is 0 Å². The lowest BCUT2D eigenvalue weighted by Gasteiger charge is -2.07. The third-order valence-corrected chi connectivity index (χ3v) is 2.47. The smallest absolute Gasteiger partial charge is 0.0684 e. The molecule has 0 aliphatic carbocycles. The Hall–Kier alpha value is -1.08. The zero-order chi connectivity index (χ0) is 10.6. The molecule has 0 unspecified atom stereocenters. The van der Waals surface area contributed by atoms with Gasteiger partial charge in [0.25, 0.3) is 0 Å². The first-order valence-corrected chi connectivity index (χ1v) is 5.05. The standard InChI is InChI=1S/C13H18O/c1-4-11(9-14)13-7-5-12(6-8-13)10(2)3/h4-8,10,14H,9H2,1-3H3. The summed E-state index contributed by atoms with van der Waals surface area (Å²) in [5.41, 5.74) is 3.43. The monoisotopic (exact) mass is 190 g/mol. The van der Waals surface area contributed by atoms with Crippen molar-refractivity contribution in [2.75, 3.05) is 6.61 Å². The highest BCUT2D eigenvalue weighted by Crippen LogP contribution is 2.18. The van der Waals surface area contributed by atoms with E-state index in [1.54, 1.807) is 0 Å². The highest BCUT2D eigenvalue weighted by molar-refractivity contribution is 5.66. The van der Waals surface area contributed by atoms with Crippen LogP contribution in [0, 0.1) is 0 Å². The van der Waals surface area contributed by atoms with E-state index in [1.807, 2.05) is 13.0 Å². The van der Waals surface area contributed by atoms with Crippen molar-refractivity contribution in [1.82, 2.24) is 0 Å². The Morgan fingerprint density at radius 1 is 1.29 bits per heavy atom. The predicted molar refractivity (Wildman–Crippen MR) is 61.3 cm³/mol. The van der Waals surface area contributed by atoms with Crippen molar-refractivity contribution in [3.8, 4) is 0 Å². The van der Waals surface area contributed by atoms with Crippen LogP contribution < -0.4 is 0 Å². The molecule has 1 N–H and O–H groups in total. The molecule has 1 aromatic carbocycles. The number of aliphatic hydroxyl groups excluding tert-OH is 1. The molecular formula is C13H18O. The molecule has 0 atom stereocenters. The molecule has 0 saturated carbocycles. The zero-order valence-corrected chi connectivity index (χ0v) is 9.12.